The highest BCUT2D eigenvalue weighted by Crippen LogP contribution is 2.06. The molecule has 0 atom stereocenters. The van der Waals surface area contributed by atoms with Crippen LogP contribution in [0.5, 0.6) is 0 Å². The number of carbonyl (C=O) groups excluding carboxylic acids is 4. The standard InChI is InChI=1S/C19H14O6/c1-13(17(21)25-19(23)15-10-6-3-7-11-15)12-16(20)24-18(22)14-8-4-2-5-9-14/h2-12H,1H3/b13-12-. The monoisotopic (exact) mass is 338 g/mol. The van der Waals surface area contributed by atoms with Gasteiger partial charge in [-0.05, 0) is 31.2 Å². The molecule has 0 aliphatic carbocycles. The Morgan fingerprint density at radius 2 is 1.16 bits per heavy atom. The maximum Gasteiger partial charge on any atom is 0.346 e. The van der Waals surface area contributed by atoms with Crippen molar-refractivity contribution in [2.75, 3.05) is 0 Å². The Balaban J connectivity index is 1.95. The van der Waals surface area contributed by atoms with Crippen molar-refractivity contribution in [2.45, 2.75) is 6.92 Å². The summed E-state index contributed by atoms with van der Waals surface area (Å²) in [5.41, 5.74) is 0.226. The lowest BCUT2D eigenvalue weighted by Gasteiger charge is -2.03. The van der Waals surface area contributed by atoms with E-state index in [0.29, 0.717) is 0 Å². The summed E-state index contributed by atoms with van der Waals surface area (Å²) in [7, 11) is 0. The summed E-state index contributed by atoms with van der Waals surface area (Å²) in [6.45, 7) is 1.27. The first-order valence-corrected chi connectivity index (χ1v) is 7.28. The number of ether oxygens (including phenoxy) is 2. The zero-order valence-electron chi connectivity index (χ0n) is 13.3. The van der Waals surface area contributed by atoms with Gasteiger partial charge in [-0.2, -0.15) is 0 Å². The van der Waals surface area contributed by atoms with Gasteiger partial charge in [0.2, 0.25) is 0 Å². The number of esters is 4. The summed E-state index contributed by atoms with van der Waals surface area (Å²) in [5, 5.41) is 0. The van der Waals surface area contributed by atoms with Gasteiger partial charge in [-0.25, -0.2) is 19.2 Å². The molecular weight excluding hydrogens is 324 g/mol. The second-order valence-electron chi connectivity index (χ2n) is 4.94. The summed E-state index contributed by atoms with van der Waals surface area (Å²) >= 11 is 0. The average Bonchev–Trinajstić information content (AvgIpc) is 2.62. The van der Waals surface area contributed by atoms with E-state index in [9.17, 15) is 19.2 Å². The van der Waals surface area contributed by atoms with Gasteiger partial charge in [-0.1, -0.05) is 36.4 Å². The molecule has 0 aliphatic rings. The normalized spacial score (nSPS) is 10.7. The van der Waals surface area contributed by atoms with Gasteiger partial charge in [-0.3, -0.25) is 0 Å². The molecule has 2 rings (SSSR count). The fourth-order valence-corrected chi connectivity index (χ4v) is 1.79. The third kappa shape index (κ3) is 5.24. The fourth-order valence-electron chi connectivity index (χ4n) is 1.79. The van der Waals surface area contributed by atoms with Crippen LogP contribution < -0.4 is 0 Å². The summed E-state index contributed by atoms with van der Waals surface area (Å²) in [6.07, 6.45) is 0.793. The van der Waals surface area contributed by atoms with Gasteiger partial charge < -0.3 is 9.47 Å². The predicted molar refractivity (Wildman–Crippen MR) is 87.5 cm³/mol. The summed E-state index contributed by atoms with van der Waals surface area (Å²) in [5.74, 6) is -3.72. The van der Waals surface area contributed by atoms with Crippen molar-refractivity contribution in [3.05, 3.63) is 83.4 Å². The van der Waals surface area contributed by atoms with E-state index in [1.54, 1.807) is 36.4 Å². The molecule has 0 fully saturated rings. The zero-order chi connectivity index (χ0) is 18.2. The van der Waals surface area contributed by atoms with Crippen molar-refractivity contribution < 1.29 is 28.7 Å². The zero-order valence-corrected chi connectivity index (χ0v) is 13.3. The summed E-state index contributed by atoms with van der Waals surface area (Å²) < 4.78 is 9.25. The lowest BCUT2D eigenvalue weighted by atomic mass is 10.2. The Labute approximate surface area is 143 Å². The average molecular weight is 338 g/mol. The molecule has 6 nitrogen and oxygen atoms in total. The highest BCUT2D eigenvalue weighted by atomic mass is 16.6. The van der Waals surface area contributed by atoms with Crippen LogP contribution in [0.2, 0.25) is 0 Å². The molecular formula is C19H14O6. The molecule has 0 aliphatic heterocycles. The lowest BCUT2D eigenvalue weighted by molar-refractivity contribution is -0.136. The van der Waals surface area contributed by atoms with Crippen molar-refractivity contribution >= 4 is 23.9 Å². The van der Waals surface area contributed by atoms with E-state index in [1.165, 1.54) is 31.2 Å². The van der Waals surface area contributed by atoms with Crippen LogP contribution in [0.1, 0.15) is 27.6 Å². The largest absolute Gasteiger partial charge is 0.386 e. The summed E-state index contributed by atoms with van der Waals surface area (Å²) in [6, 6.07) is 15.9. The lowest BCUT2D eigenvalue weighted by Crippen LogP contribution is -2.16. The van der Waals surface area contributed by atoms with Crippen LogP contribution in [-0.4, -0.2) is 23.9 Å². The minimum atomic E-state index is -1.03. The molecule has 0 saturated heterocycles. The van der Waals surface area contributed by atoms with E-state index >= 15 is 0 Å². The topological polar surface area (TPSA) is 86.7 Å². The Bertz CT molecular complexity index is 822. The quantitative estimate of drug-likeness (QED) is 0.484. The molecule has 0 N–H and O–H groups in total. The number of rotatable bonds is 4. The highest BCUT2D eigenvalue weighted by molar-refractivity contribution is 6.06. The Hall–Kier alpha value is -3.54. The minimum absolute atomic E-state index is 0.171. The van der Waals surface area contributed by atoms with Crippen LogP contribution in [0.25, 0.3) is 0 Å². The van der Waals surface area contributed by atoms with E-state index in [-0.39, 0.29) is 16.7 Å². The van der Waals surface area contributed by atoms with E-state index in [1.807, 2.05) is 0 Å². The molecule has 0 aromatic heterocycles. The van der Waals surface area contributed by atoms with Gasteiger partial charge in [0.05, 0.1) is 11.1 Å². The maximum atomic E-state index is 11.8. The van der Waals surface area contributed by atoms with Crippen LogP contribution in [0.4, 0.5) is 0 Å². The first-order valence-electron chi connectivity index (χ1n) is 7.28. The number of carbonyl (C=O) groups is 4. The Kier molecular flexibility index (Phi) is 5.95. The molecule has 0 heterocycles. The second kappa shape index (κ2) is 8.35. The van der Waals surface area contributed by atoms with E-state index in [0.717, 1.165) is 6.08 Å². The second-order valence-corrected chi connectivity index (χ2v) is 4.94. The van der Waals surface area contributed by atoms with Gasteiger partial charge in [0, 0.05) is 11.6 Å². The van der Waals surface area contributed by atoms with Crippen molar-refractivity contribution in [1.29, 1.82) is 0 Å². The molecule has 0 saturated carbocycles. The molecule has 25 heavy (non-hydrogen) atoms. The molecule has 0 spiro atoms. The van der Waals surface area contributed by atoms with Crippen LogP contribution in [0, 0.1) is 0 Å². The van der Waals surface area contributed by atoms with Crippen LogP contribution in [0.3, 0.4) is 0 Å². The SMILES string of the molecule is C/C(=C/C(=O)OC(=O)c1ccccc1)C(=O)OC(=O)c1ccccc1. The highest BCUT2D eigenvalue weighted by Gasteiger charge is 2.17. The van der Waals surface area contributed by atoms with Crippen LogP contribution in [0.15, 0.2) is 72.3 Å². The maximum absolute atomic E-state index is 11.8. The Morgan fingerprint density at radius 3 is 1.64 bits per heavy atom. The van der Waals surface area contributed by atoms with Crippen LogP contribution >= 0.6 is 0 Å². The van der Waals surface area contributed by atoms with Gasteiger partial charge in [0.1, 0.15) is 0 Å². The van der Waals surface area contributed by atoms with Gasteiger partial charge in [0.15, 0.2) is 0 Å². The van der Waals surface area contributed by atoms with E-state index < -0.39 is 23.9 Å². The number of hydrogen-bond donors (Lipinski definition) is 0. The molecule has 0 bridgehead atoms. The van der Waals surface area contributed by atoms with Crippen molar-refractivity contribution in [3.8, 4) is 0 Å². The fraction of sp³-hybridized carbons (Fsp3) is 0.0526. The third-order valence-corrected chi connectivity index (χ3v) is 3.05. The molecule has 0 amide bonds. The molecule has 2 aromatic carbocycles. The third-order valence-electron chi connectivity index (χ3n) is 3.05. The first kappa shape index (κ1) is 17.8. The number of hydrogen-bond acceptors (Lipinski definition) is 6. The predicted octanol–water partition coefficient (Wildman–Crippen LogP) is 2.70. The molecule has 0 radical (unpaired) electrons. The molecule has 126 valence electrons. The van der Waals surface area contributed by atoms with Crippen molar-refractivity contribution in [2.24, 2.45) is 0 Å². The summed E-state index contributed by atoms with van der Waals surface area (Å²) in [4.78, 5) is 47.0. The van der Waals surface area contributed by atoms with Crippen LogP contribution in [-0.2, 0) is 19.1 Å². The molecule has 0 unspecified atom stereocenters. The smallest absolute Gasteiger partial charge is 0.346 e. The van der Waals surface area contributed by atoms with Crippen molar-refractivity contribution in [1.82, 2.24) is 0 Å². The van der Waals surface area contributed by atoms with Crippen molar-refractivity contribution in [3.63, 3.8) is 0 Å². The van der Waals surface area contributed by atoms with Gasteiger partial charge in [0.25, 0.3) is 0 Å². The Morgan fingerprint density at radius 1 is 0.720 bits per heavy atom. The number of benzene rings is 2. The minimum Gasteiger partial charge on any atom is -0.386 e. The van der Waals surface area contributed by atoms with E-state index in [2.05, 4.69) is 9.47 Å². The molecule has 6 heteroatoms. The van der Waals surface area contributed by atoms with E-state index in [4.69, 9.17) is 0 Å². The van der Waals surface area contributed by atoms with Gasteiger partial charge in [-0.15, -0.1) is 0 Å². The molecule has 2 aromatic rings. The first-order chi connectivity index (χ1) is 12.0. The van der Waals surface area contributed by atoms with Gasteiger partial charge >= 0.3 is 23.9 Å².